The van der Waals surface area contributed by atoms with Crippen LogP contribution in [0.15, 0.2) is 30.6 Å². The lowest BCUT2D eigenvalue weighted by molar-refractivity contribution is 0.0923. The maximum atomic E-state index is 13.8. The second-order valence-electron chi connectivity index (χ2n) is 8.39. The lowest BCUT2D eigenvalue weighted by Gasteiger charge is -2.22. The van der Waals surface area contributed by atoms with Gasteiger partial charge in [0.15, 0.2) is 0 Å². The van der Waals surface area contributed by atoms with Gasteiger partial charge in [0.2, 0.25) is 5.95 Å². The van der Waals surface area contributed by atoms with E-state index in [9.17, 15) is 14.0 Å². The second kappa shape index (κ2) is 9.44. The van der Waals surface area contributed by atoms with Gasteiger partial charge in [0.05, 0.1) is 17.6 Å². The van der Waals surface area contributed by atoms with Gasteiger partial charge in [-0.15, -0.1) is 0 Å². The Morgan fingerprint density at radius 2 is 1.97 bits per heavy atom. The van der Waals surface area contributed by atoms with Crippen molar-refractivity contribution in [1.29, 1.82) is 0 Å². The Hall–Kier alpha value is -3.33. The van der Waals surface area contributed by atoms with Gasteiger partial charge >= 0.3 is 0 Å². The van der Waals surface area contributed by atoms with Crippen LogP contribution in [0, 0.1) is 12.7 Å². The summed E-state index contributed by atoms with van der Waals surface area (Å²) in [4.78, 5) is 34.0. The summed E-state index contributed by atoms with van der Waals surface area (Å²) in [6.07, 6.45) is 3.24. The van der Waals surface area contributed by atoms with Gasteiger partial charge in [-0.1, -0.05) is 6.07 Å². The third kappa shape index (κ3) is 5.11. The number of aromatic nitrogens is 3. The predicted octanol–water partition coefficient (Wildman–Crippen LogP) is 3.65. The van der Waals surface area contributed by atoms with E-state index in [-0.39, 0.29) is 23.0 Å². The monoisotopic (exact) mass is 441 g/mol. The van der Waals surface area contributed by atoms with Crippen LogP contribution in [-0.2, 0) is 10.3 Å². The molecule has 0 aliphatic carbocycles. The number of hydrogen-bond donors (Lipinski definition) is 2. The van der Waals surface area contributed by atoms with Crippen LogP contribution < -0.4 is 10.6 Å². The quantitative estimate of drug-likeness (QED) is 0.546. The number of rotatable bonds is 7. The summed E-state index contributed by atoms with van der Waals surface area (Å²) in [7, 11) is 0. The number of hydrogen-bond acceptors (Lipinski definition) is 5. The number of halogens is 1. The second-order valence-corrected chi connectivity index (χ2v) is 8.39. The van der Waals surface area contributed by atoms with Crippen molar-refractivity contribution in [2.45, 2.75) is 40.2 Å². The first kappa shape index (κ1) is 23.3. The van der Waals surface area contributed by atoms with E-state index in [1.807, 2.05) is 32.3 Å². The Bertz CT molecular complexity index is 1150. The molecule has 0 radical (unpaired) electrons. The molecule has 0 atom stereocenters. The number of fused-ring (bicyclic) bond motifs is 1. The summed E-state index contributed by atoms with van der Waals surface area (Å²) >= 11 is 0. The van der Waals surface area contributed by atoms with Crippen LogP contribution in [-0.4, -0.2) is 46.1 Å². The van der Waals surface area contributed by atoms with Crippen LogP contribution in [0.1, 0.15) is 54.0 Å². The first-order valence-electron chi connectivity index (χ1n) is 10.4. The molecule has 0 aliphatic heterocycles. The highest BCUT2D eigenvalue weighted by atomic mass is 19.1. The molecule has 32 heavy (non-hydrogen) atoms. The molecule has 0 saturated carbocycles. The van der Waals surface area contributed by atoms with E-state index < -0.39 is 11.7 Å². The molecule has 2 amide bonds. The van der Waals surface area contributed by atoms with Crippen LogP contribution in [0.2, 0.25) is 0 Å². The number of benzene rings is 1. The predicted molar refractivity (Wildman–Crippen MR) is 120 cm³/mol. The zero-order chi connectivity index (χ0) is 23.5. The van der Waals surface area contributed by atoms with Crippen LogP contribution >= 0.6 is 0 Å². The summed E-state index contributed by atoms with van der Waals surface area (Å²) in [5.74, 6) is -1.18. The molecule has 8 nitrogen and oxygen atoms in total. The number of aryl methyl sites for hydroxylation is 1. The minimum atomic E-state index is -0.522. The maximum Gasteiger partial charge on any atom is 0.258 e. The molecule has 0 aliphatic rings. The smallest absolute Gasteiger partial charge is 0.258 e. The highest BCUT2D eigenvalue weighted by Gasteiger charge is 2.23. The van der Waals surface area contributed by atoms with Gasteiger partial charge in [0, 0.05) is 36.6 Å². The Morgan fingerprint density at radius 3 is 2.62 bits per heavy atom. The van der Waals surface area contributed by atoms with Gasteiger partial charge in [-0.2, -0.15) is 4.98 Å². The molecule has 3 aromatic rings. The van der Waals surface area contributed by atoms with Crippen molar-refractivity contribution >= 4 is 28.8 Å². The van der Waals surface area contributed by atoms with Gasteiger partial charge in [-0.25, -0.2) is 9.37 Å². The number of ether oxygens (including phenoxy) is 1. The summed E-state index contributed by atoms with van der Waals surface area (Å²) in [6, 6.07) is 4.25. The van der Waals surface area contributed by atoms with E-state index in [0.29, 0.717) is 41.9 Å². The molecular formula is C23H28FN5O3. The number of carbonyl (C=O) groups is 2. The molecule has 0 saturated heterocycles. The molecule has 170 valence electrons. The topological polar surface area (TPSA) is 98.1 Å². The highest BCUT2D eigenvalue weighted by molar-refractivity contribution is 6.07. The minimum absolute atomic E-state index is 0.0652. The molecule has 1 aromatic carbocycles. The van der Waals surface area contributed by atoms with Crippen molar-refractivity contribution in [1.82, 2.24) is 19.9 Å². The SMILES string of the molecule is CCOCCNC(=O)c1cn(C(C)(C)C)c2nc(NC(=O)c3ccc(C)c(F)c3)ncc12. The van der Waals surface area contributed by atoms with Crippen molar-refractivity contribution in [3.05, 3.63) is 53.1 Å². The average molecular weight is 442 g/mol. The molecule has 0 bridgehead atoms. The number of nitrogens with zero attached hydrogens (tertiary/aromatic N) is 3. The lowest BCUT2D eigenvalue weighted by atomic mass is 10.1. The summed E-state index contributed by atoms with van der Waals surface area (Å²) in [5, 5.41) is 6.00. The normalized spacial score (nSPS) is 11.6. The van der Waals surface area contributed by atoms with Gasteiger partial charge in [-0.05, 0) is 52.3 Å². The molecule has 2 heterocycles. The third-order valence-electron chi connectivity index (χ3n) is 4.91. The third-order valence-corrected chi connectivity index (χ3v) is 4.91. The summed E-state index contributed by atoms with van der Waals surface area (Å²) in [6.45, 7) is 10.9. The van der Waals surface area contributed by atoms with E-state index in [0.717, 1.165) is 0 Å². The van der Waals surface area contributed by atoms with Gasteiger partial charge in [-0.3, -0.25) is 14.9 Å². The van der Waals surface area contributed by atoms with Crippen molar-refractivity contribution in [3.63, 3.8) is 0 Å². The van der Waals surface area contributed by atoms with Crippen molar-refractivity contribution in [3.8, 4) is 0 Å². The standard InChI is InChI=1S/C23H28FN5O3/c1-6-32-10-9-25-21(31)17-13-29(23(3,4)5)19-16(17)12-26-22(27-19)28-20(30)15-8-7-14(2)18(24)11-15/h7-8,11-13H,6,9-10H2,1-5H3,(H,25,31)(H,26,27,28,30). The molecular weight excluding hydrogens is 413 g/mol. The largest absolute Gasteiger partial charge is 0.380 e. The van der Waals surface area contributed by atoms with E-state index in [1.165, 1.54) is 24.4 Å². The fraction of sp³-hybridized carbons (Fsp3) is 0.391. The molecule has 2 aromatic heterocycles. The Labute approximate surface area is 186 Å². The maximum absolute atomic E-state index is 13.8. The molecule has 0 unspecified atom stereocenters. The molecule has 0 spiro atoms. The summed E-state index contributed by atoms with van der Waals surface area (Å²) < 4.78 is 20.9. The fourth-order valence-electron chi connectivity index (χ4n) is 3.14. The van der Waals surface area contributed by atoms with Gasteiger partial charge < -0.3 is 14.6 Å². The van der Waals surface area contributed by atoms with Crippen LogP contribution in [0.5, 0.6) is 0 Å². The zero-order valence-electron chi connectivity index (χ0n) is 19.0. The number of carbonyl (C=O) groups excluding carboxylic acids is 2. The van der Waals surface area contributed by atoms with Gasteiger partial charge in [0.1, 0.15) is 11.5 Å². The first-order chi connectivity index (χ1) is 15.1. The Kier molecular flexibility index (Phi) is 6.88. The Balaban J connectivity index is 1.91. The number of amides is 2. The van der Waals surface area contributed by atoms with E-state index in [1.54, 1.807) is 13.1 Å². The minimum Gasteiger partial charge on any atom is -0.380 e. The van der Waals surface area contributed by atoms with Crippen molar-refractivity contribution in [2.24, 2.45) is 0 Å². The lowest BCUT2D eigenvalue weighted by Crippen LogP contribution is -2.27. The van der Waals surface area contributed by atoms with Crippen molar-refractivity contribution < 1.29 is 18.7 Å². The van der Waals surface area contributed by atoms with Crippen LogP contribution in [0.4, 0.5) is 10.3 Å². The van der Waals surface area contributed by atoms with Gasteiger partial charge in [0.25, 0.3) is 11.8 Å². The van der Waals surface area contributed by atoms with E-state index >= 15 is 0 Å². The van der Waals surface area contributed by atoms with Crippen LogP contribution in [0.25, 0.3) is 11.0 Å². The number of anilines is 1. The fourth-order valence-corrected chi connectivity index (χ4v) is 3.14. The van der Waals surface area contributed by atoms with Crippen LogP contribution in [0.3, 0.4) is 0 Å². The molecule has 2 N–H and O–H groups in total. The summed E-state index contributed by atoms with van der Waals surface area (Å²) in [5.41, 5.74) is 1.18. The average Bonchev–Trinajstić information content (AvgIpc) is 3.12. The zero-order valence-corrected chi connectivity index (χ0v) is 19.0. The first-order valence-corrected chi connectivity index (χ1v) is 10.4. The molecule has 0 fully saturated rings. The molecule has 9 heteroatoms. The van der Waals surface area contributed by atoms with E-state index in [2.05, 4.69) is 20.6 Å². The Morgan fingerprint density at radius 1 is 1.22 bits per heavy atom. The highest BCUT2D eigenvalue weighted by Crippen LogP contribution is 2.27. The number of nitrogens with one attached hydrogen (secondary N) is 2. The van der Waals surface area contributed by atoms with E-state index in [4.69, 9.17) is 4.74 Å². The molecule has 3 rings (SSSR count). The van der Waals surface area contributed by atoms with Crippen molar-refractivity contribution in [2.75, 3.05) is 25.1 Å².